The maximum atomic E-state index is 4.42. The molecule has 4 nitrogen and oxygen atoms in total. The lowest BCUT2D eigenvalue weighted by Crippen LogP contribution is -2.41. The molecule has 0 aliphatic carbocycles. The van der Waals surface area contributed by atoms with Gasteiger partial charge in [-0.25, -0.2) is 0 Å². The number of hydrogen-bond donors (Lipinski definition) is 1. The van der Waals surface area contributed by atoms with Crippen molar-refractivity contribution in [1.82, 2.24) is 20.0 Å². The first kappa shape index (κ1) is 14.1. The Kier molecular flexibility index (Phi) is 4.73. The van der Waals surface area contributed by atoms with E-state index in [9.17, 15) is 0 Å². The molecule has 1 N–H and O–H groups in total. The van der Waals surface area contributed by atoms with Crippen LogP contribution >= 0.6 is 0 Å². The van der Waals surface area contributed by atoms with Crippen molar-refractivity contribution < 1.29 is 0 Å². The van der Waals surface area contributed by atoms with Gasteiger partial charge in [-0.05, 0) is 70.8 Å². The molecule has 3 rings (SSSR count). The van der Waals surface area contributed by atoms with Crippen LogP contribution in [0.25, 0.3) is 0 Å². The van der Waals surface area contributed by atoms with Crippen molar-refractivity contribution in [1.29, 1.82) is 0 Å². The largest absolute Gasteiger partial charge is 0.316 e. The minimum absolute atomic E-state index is 0.721. The number of aromatic nitrogens is 2. The highest BCUT2D eigenvalue weighted by molar-refractivity contribution is 5.09. The summed E-state index contributed by atoms with van der Waals surface area (Å²) in [6, 6.07) is 2.22. The third-order valence-electron chi connectivity index (χ3n) is 4.97. The summed E-state index contributed by atoms with van der Waals surface area (Å²) in [6.07, 6.45) is 7.32. The highest BCUT2D eigenvalue weighted by atomic mass is 15.3. The fraction of sp³-hybridized carbons (Fsp3) is 0.812. The monoisotopic (exact) mass is 276 g/mol. The van der Waals surface area contributed by atoms with Gasteiger partial charge in [0.05, 0.1) is 0 Å². The van der Waals surface area contributed by atoms with E-state index in [1.807, 2.05) is 6.20 Å². The second kappa shape index (κ2) is 6.72. The molecule has 2 fully saturated rings. The minimum Gasteiger partial charge on any atom is -0.316 e. The highest BCUT2D eigenvalue weighted by Crippen LogP contribution is 2.28. The Hall–Kier alpha value is -0.870. The van der Waals surface area contributed by atoms with Gasteiger partial charge in [0, 0.05) is 30.9 Å². The van der Waals surface area contributed by atoms with Crippen LogP contribution in [-0.4, -0.2) is 47.4 Å². The lowest BCUT2D eigenvalue weighted by molar-refractivity contribution is 0.167. The van der Waals surface area contributed by atoms with Crippen LogP contribution in [0.2, 0.25) is 0 Å². The normalized spacial score (nSPS) is 25.9. The van der Waals surface area contributed by atoms with Crippen molar-refractivity contribution in [2.45, 2.75) is 45.1 Å². The first-order valence-corrected chi connectivity index (χ1v) is 8.31. The van der Waals surface area contributed by atoms with Crippen molar-refractivity contribution in [2.75, 3.05) is 32.7 Å². The second-order valence-corrected chi connectivity index (χ2v) is 6.36. The molecule has 2 aliphatic rings. The maximum Gasteiger partial charge on any atom is 0.0492 e. The molecule has 0 bridgehead atoms. The molecular weight excluding hydrogens is 248 g/mol. The Morgan fingerprint density at radius 3 is 2.85 bits per heavy atom. The summed E-state index contributed by atoms with van der Waals surface area (Å²) in [4.78, 5) is 2.68. The molecule has 2 aliphatic heterocycles. The Morgan fingerprint density at radius 1 is 1.30 bits per heavy atom. The van der Waals surface area contributed by atoms with Crippen LogP contribution in [-0.2, 0) is 6.54 Å². The lowest BCUT2D eigenvalue weighted by atomic mass is 9.92. The summed E-state index contributed by atoms with van der Waals surface area (Å²) >= 11 is 0. The van der Waals surface area contributed by atoms with E-state index in [2.05, 4.69) is 33.0 Å². The van der Waals surface area contributed by atoms with E-state index in [-0.39, 0.29) is 0 Å². The van der Waals surface area contributed by atoms with Gasteiger partial charge in [-0.3, -0.25) is 4.68 Å². The summed E-state index contributed by atoms with van der Waals surface area (Å²) in [7, 11) is 0. The molecule has 20 heavy (non-hydrogen) atoms. The van der Waals surface area contributed by atoms with Crippen LogP contribution in [0.4, 0.5) is 0 Å². The van der Waals surface area contributed by atoms with E-state index in [4.69, 9.17) is 0 Å². The number of hydrogen-bond acceptors (Lipinski definition) is 3. The first-order chi connectivity index (χ1) is 9.86. The zero-order valence-corrected chi connectivity index (χ0v) is 12.7. The topological polar surface area (TPSA) is 33.1 Å². The van der Waals surface area contributed by atoms with Gasteiger partial charge in [-0.1, -0.05) is 0 Å². The summed E-state index contributed by atoms with van der Waals surface area (Å²) in [5.41, 5.74) is 1.45. The molecular formula is C16H28N4. The Labute approximate surface area is 122 Å². The van der Waals surface area contributed by atoms with E-state index >= 15 is 0 Å². The first-order valence-electron chi connectivity index (χ1n) is 8.31. The highest BCUT2D eigenvalue weighted by Gasteiger charge is 2.25. The average Bonchev–Trinajstić information content (AvgIpc) is 2.98. The number of likely N-dealkylation sites (tertiary alicyclic amines) is 1. The van der Waals surface area contributed by atoms with Crippen LogP contribution in [0.1, 0.15) is 44.2 Å². The zero-order chi connectivity index (χ0) is 13.8. The Balaban J connectivity index is 1.49. The zero-order valence-electron chi connectivity index (χ0n) is 12.7. The molecule has 2 saturated heterocycles. The predicted molar refractivity (Wildman–Crippen MR) is 81.9 cm³/mol. The van der Waals surface area contributed by atoms with Gasteiger partial charge < -0.3 is 10.2 Å². The molecule has 1 aromatic heterocycles. The third kappa shape index (κ3) is 3.23. The van der Waals surface area contributed by atoms with Gasteiger partial charge in [0.15, 0.2) is 0 Å². The Morgan fingerprint density at radius 2 is 2.15 bits per heavy atom. The van der Waals surface area contributed by atoms with Gasteiger partial charge >= 0.3 is 0 Å². The Bertz CT molecular complexity index is 400. The number of rotatable bonds is 4. The van der Waals surface area contributed by atoms with Gasteiger partial charge in [0.25, 0.3) is 0 Å². The van der Waals surface area contributed by atoms with Crippen LogP contribution in [0.15, 0.2) is 12.3 Å². The van der Waals surface area contributed by atoms with Crippen molar-refractivity contribution in [3.8, 4) is 0 Å². The molecule has 1 aromatic rings. The van der Waals surface area contributed by atoms with E-state index in [0.717, 1.165) is 18.4 Å². The number of aryl methyl sites for hydroxylation is 1. The van der Waals surface area contributed by atoms with Crippen molar-refractivity contribution >= 4 is 0 Å². The van der Waals surface area contributed by atoms with Crippen molar-refractivity contribution in [2.24, 2.45) is 5.92 Å². The quantitative estimate of drug-likeness (QED) is 0.914. The molecule has 1 unspecified atom stereocenters. The summed E-state index contributed by atoms with van der Waals surface area (Å²) in [6.45, 7) is 9.44. The summed E-state index contributed by atoms with van der Waals surface area (Å²) < 4.78 is 2.17. The fourth-order valence-electron chi connectivity index (χ4n) is 3.81. The molecule has 1 atom stereocenters. The maximum absolute atomic E-state index is 4.42. The van der Waals surface area contributed by atoms with Crippen LogP contribution in [0.3, 0.4) is 0 Å². The lowest BCUT2D eigenvalue weighted by Gasteiger charge is -2.35. The summed E-state index contributed by atoms with van der Waals surface area (Å²) in [5.74, 6) is 1.60. The van der Waals surface area contributed by atoms with E-state index < -0.39 is 0 Å². The van der Waals surface area contributed by atoms with Crippen molar-refractivity contribution in [3.05, 3.63) is 18.0 Å². The molecule has 4 heteroatoms. The fourth-order valence-corrected chi connectivity index (χ4v) is 3.81. The van der Waals surface area contributed by atoms with Gasteiger partial charge in [0.2, 0.25) is 0 Å². The van der Waals surface area contributed by atoms with E-state index in [1.165, 1.54) is 64.1 Å². The number of nitrogens with zero attached hydrogens (tertiary/aromatic N) is 3. The van der Waals surface area contributed by atoms with Crippen LogP contribution in [0, 0.1) is 5.92 Å². The van der Waals surface area contributed by atoms with Gasteiger partial charge in [0.1, 0.15) is 0 Å². The van der Waals surface area contributed by atoms with Crippen LogP contribution in [0.5, 0.6) is 0 Å². The molecule has 112 valence electrons. The smallest absolute Gasteiger partial charge is 0.0492 e. The summed E-state index contributed by atoms with van der Waals surface area (Å²) in [5, 5.41) is 7.95. The SMILES string of the molecule is CCn1nccc1C1CCN(CC2CCCNC2)CC1. The number of nitrogens with one attached hydrogen (secondary N) is 1. The van der Waals surface area contributed by atoms with E-state index in [1.54, 1.807) is 0 Å². The molecule has 0 aromatic carbocycles. The van der Waals surface area contributed by atoms with Crippen LogP contribution < -0.4 is 5.32 Å². The molecule has 0 spiro atoms. The average molecular weight is 276 g/mol. The predicted octanol–water partition coefficient (Wildman–Crippen LogP) is 2.08. The number of piperidine rings is 2. The van der Waals surface area contributed by atoms with Crippen molar-refractivity contribution in [3.63, 3.8) is 0 Å². The second-order valence-electron chi connectivity index (χ2n) is 6.36. The van der Waals surface area contributed by atoms with Gasteiger partial charge in [-0.15, -0.1) is 0 Å². The third-order valence-corrected chi connectivity index (χ3v) is 4.97. The standard InChI is InChI=1S/C16H28N4/c1-2-20-16(5-9-18-20)15-6-10-19(11-7-15)13-14-4-3-8-17-12-14/h5,9,14-15,17H,2-4,6-8,10-13H2,1H3. The molecule has 0 amide bonds. The van der Waals surface area contributed by atoms with Gasteiger partial charge in [-0.2, -0.15) is 5.10 Å². The molecule has 0 radical (unpaired) electrons. The molecule has 0 saturated carbocycles. The minimum atomic E-state index is 0.721. The van der Waals surface area contributed by atoms with E-state index in [0.29, 0.717) is 0 Å². The molecule has 3 heterocycles.